The highest BCUT2D eigenvalue weighted by molar-refractivity contribution is 5.76. The van der Waals surface area contributed by atoms with E-state index in [1.165, 1.54) is 18.5 Å². The molecule has 3 aliphatic heterocycles. The van der Waals surface area contributed by atoms with E-state index in [-0.39, 0.29) is 5.91 Å². The number of carbonyl (C=O) groups is 1. The van der Waals surface area contributed by atoms with Crippen molar-refractivity contribution < 1.29 is 13.9 Å². The molecule has 1 aromatic carbocycles. The van der Waals surface area contributed by atoms with Gasteiger partial charge in [0.05, 0.1) is 26.0 Å². The van der Waals surface area contributed by atoms with Crippen LogP contribution < -0.4 is 5.32 Å². The van der Waals surface area contributed by atoms with Gasteiger partial charge in [-0.25, -0.2) is 0 Å². The Bertz CT molecular complexity index is 916. The number of piperidine rings is 2. The molecule has 3 fully saturated rings. The molecular weight excluding hydrogens is 452 g/mol. The fraction of sp³-hybridized carbons (Fsp3) is 0.621. The predicted molar refractivity (Wildman–Crippen MR) is 140 cm³/mol. The number of fused-ring (bicyclic) bond motifs is 2. The average Bonchev–Trinajstić information content (AvgIpc) is 3.42. The minimum atomic E-state index is 0.239. The van der Waals surface area contributed by atoms with Crippen molar-refractivity contribution in [2.24, 2.45) is 11.8 Å². The molecule has 36 heavy (non-hydrogen) atoms. The molecule has 1 aromatic heterocycles. The molecule has 7 nitrogen and oxygen atoms in total. The van der Waals surface area contributed by atoms with Gasteiger partial charge in [-0.1, -0.05) is 30.3 Å². The van der Waals surface area contributed by atoms with Crippen molar-refractivity contribution in [3.8, 4) is 0 Å². The van der Waals surface area contributed by atoms with Crippen molar-refractivity contribution in [1.29, 1.82) is 0 Å². The number of rotatable bonds is 11. The largest absolute Gasteiger partial charge is 0.467 e. The van der Waals surface area contributed by atoms with Crippen LogP contribution in [0.15, 0.2) is 53.1 Å². The van der Waals surface area contributed by atoms with E-state index in [2.05, 4.69) is 45.4 Å². The molecule has 3 atom stereocenters. The molecule has 196 valence electrons. The summed E-state index contributed by atoms with van der Waals surface area (Å²) >= 11 is 0. The monoisotopic (exact) mass is 494 g/mol. The van der Waals surface area contributed by atoms with Gasteiger partial charge in [-0.3, -0.25) is 14.6 Å². The first-order chi connectivity index (χ1) is 17.7. The fourth-order valence-electron chi connectivity index (χ4n) is 6.18. The van der Waals surface area contributed by atoms with E-state index in [0.29, 0.717) is 24.9 Å². The van der Waals surface area contributed by atoms with Gasteiger partial charge in [-0.15, -0.1) is 0 Å². The number of ether oxygens (including phenoxy) is 1. The Morgan fingerprint density at radius 3 is 2.72 bits per heavy atom. The summed E-state index contributed by atoms with van der Waals surface area (Å²) in [6.45, 7) is 10.1. The van der Waals surface area contributed by atoms with Gasteiger partial charge in [0, 0.05) is 58.3 Å². The zero-order chi connectivity index (χ0) is 24.6. The maximum Gasteiger partial charge on any atom is 0.223 e. The smallest absolute Gasteiger partial charge is 0.223 e. The van der Waals surface area contributed by atoms with Crippen molar-refractivity contribution in [2.45, 2.75) is 44.8 Å². The molecule has 3 saturated heterocycles. The molecule has 3 aliphatic rings. The number of amides is 1. The van der Waals surface area contributed by atoms with Gasteiger partial charge in [0.15, 0.2) is 0 Å². The van der Waals surface area contributed by atoms with Crippen LogP contribution in [-0.2, 0) is 22.6 Å². The average molecular weight is 495 g/mol. The quantitative estimate of drug-likeness (QED) is 0.518. The summed E-state index contributed by atoms with van der Waals surface area (Å²) < 4.78 is 11.0. The Balaban J connectivity index is 1.10. The van der Waals surface area contributed by atoms with Crippen LogP contribution in [0.4, 0.5) is 0 Å². The Labute approximate surface area is 215 Å². The fourth-order valence-corrected chi connectivity index (χ4v) is 6.18. The lowest BCUT2D eigenvalue weighted by Crippen LogP contribution is -2.55. The standard InChI is InChI=1S/C29H42N4O3/c34-29(33(23-27-8-5-15-36-27)12-11-31-13-16-35-17-14-31)10-4-9-28-26-18-25(19-30-28)21-32(22-26)20-24-6-2-1-3-7-24/h1-3,5-8,15,25-26,28,30H,4,9-14,16-23H2/t25-,26+,28+/m0/s1. The Kier molecular flexibility index (Phi) is 9.09. The van der Waals surface area contributed by atoms with E-state index in [0.717, 1.165) is 83.5 Å². The van der Waals surface area contributed by atoms with E-state index in [9.17, 15) is 4.79 Å². The van der Waals surface area contributed by atoms with Crippen LogP contribution in [-0.4, -0.2) is 85.7 Å². The van der Waals surface area contributed by atoms with Crippen molar-refractivity contribution in [2.75, 3.05) is 59.0 Å². The molecule has 0 unspecified atom stereocenters. The van der Waals surface area contributed by atoms with Crippen LogP contribution in [0.1, 0.15) is 37.0 Å². The third kappa shape index (κ3) is 7.19. The van der Waals surface area contributed by atoms with Gasteiger partial charge in [-0.2, -0.15) is 0 Å². The van der Waals surface area contributed by atoms with Crippen molar-refractivity contribution in [3.63, 3.8) is 0 Å². The lowest BCUT2D eigenvalue weighted by atomic mass is 9.79. The molecule has 4 heterocycles. The second-order valence-electron chi connectivity index (χ2n) is 10.8. The molecule has 0 spiro atoms. The number of benzene rings is 1. The van der Waals surface area contributed by atoms with E-state index in [4.69, 9.17) is 9.15 Å². The summed E-state index contributed by atoms with van der Waals surface area (Å²) in [5.74, 6) is 2.51. The maximum absolute atomic E-state index is 13.3. The highest BCUT2D eigenvalue weighted by Gasteiger charge is 2.36. The molecule has 7 heteroatoms. The van der Waals surface area contributed by atoms with Crippen molar-refractivity contribution >= 4 is 5.91 Å². The lowest BCUT2D eigenvalue weighted by molar-refractivity contribution is -0.132. The van der Waals surface area contributed by atoms with Gasteiger partial charge in [-0.05, 0) is 55.3 Å². The Morgan fingerprint density at radius 2 is 1.92 bits per heavy atom. The van der Waals surface area contributed by atoms with Crippen LogP contribution in [0.3, 0.4) is 0 Å². The van der Waals surface area contributed by atoms with Gasteiger partial charge in [0.2, 0.25) is 5.91 Å². The summed E-state index contributed by atoms with van der Waals surface area (Å²) in [5, 5.41) is 3.83. The van der Waals surface area contributed by atoms with Gasteiger partial charge >= 0.3 is 0 Å². The van der Waals surface area contributed by atoms with Crippen LogP contribution in [0.5, 0.6) is 0 Å². The number of nitrogens with zero attached hydrogens (tertiary/aromatic N) is 3. The van der Waals surface area contributed by atoms with Crippen molar-refractivity contribution in [3.05, 3.63) is 60.1 Å². The number of carbonyl (C=O) groups excluding carboxylic acids is 1. The zero-order valence-electron chi connectivity index (χ0n) is 21.5. The molecule has 1 N–H and O–H groups in total. The molecule has 0 saturated carbocycles. The second-order valence-corrected chi connectivity index (χ2v) is 10.8. The Hall–Kier alpha value is -2.19. The van der Waals surface area contributed by atoms with Crippen LogP contribution >= 0.6 is 0 Å². The van der Waals surface area contributed by atoms with Gasteiger partial charge in [0.1, 0.15) is 5.76 Å². The number of likely N-dealkylation sites (tertiary alicyclic amines) is 1. The molecule has 2 bridgehead atoms. The van der Waals surface area contributed by atoms with E-state index < -0.39 is 0 Å². The van der Waals surface area contributed by atoms with E-state index in [1.54, 1.807) is 6.26 Å². The molecule has 2 aromatic rings. The molecule has 0 radical (unpaired) electrons. The number of hydrogen-bond donors (Lipinski definition) is 1. The molecule has 1 amide bonds. The molecule has 5 rings (SSSR count). The number of nitrogens with one attached hydrogen (secondary N) is 1. The first-order valence-corrected chi connectivity index (χ1v) is 13.8. The zero-order valence-corrected chi connectivity index (χ0v) is 21.5. The minimum absolute atomic E-state index is 0.239. The maximum atomic E-state index is 13.3. The van der Waals surface area contributed by atoms with Crippen molar-refractivity contribution in [1.82, 2.24) is 20.0 Å². The summed E-state index contributed by atoms with van der Waals surface area (Å²) in [6.07, 6.45) is 5.61. The third-order valence-corrected chi connectivity index (χ3v) is 8.11. The molecule has 0 aliphatic carbocycles. The topological polar surface area (TPSA) is 61.2 Å². The molecular formula is C29H42N4O3. The Morgan fingerprint density at radius 1 is 1.06 bits per heavy atom. The summed E-state index contributed by atoms with van der Waals surface area (Å²) in [5.41, 5.74) is 1.40. The van der Waals surface area contributed by atoms with Gasteiger partial charge < -0.3 is 19.4 Å². The predicted octanol–water partition coefficient (Wildman–Crippen LogP) is 3.22. The number of hydrogen-bond acceptors (Lipinski definition) is 6. The highest BCUT2D eigenvalue weighted by Crippen LogP contribution is 2.31. The number of morpholine rings is 1. The second kappa shape index (κ2) is 12.9. The summed E-state index contributed by atoms with van der Waals surface area (Å²) in [4.78, 5) is 20.3. The highest BCUT2D eigenvalue weighted by atomic mass is 16.5. The van der Waals surface area contributed by atoms with Crippen LogP contribution in [0.2, 0.25) is 0 Å². The third-order valence-electron chi connectivity index (χ3n) is 8.11. The normalized spacial score (nSPS) is 25.1. The SMILES string of the molecule is O=C(CCC[C@H]1NC[C@@H]2C[C@@H]1CN(Cc1ccccc1)C2)N(CCN1CCOCC1)Cc1ccco1. The summed E-state index contributed by atoms with van der Waals surface area (Å²) in [6, 6.07) is 15.2. The van der Waals surface area contributed by atoms with E-state index in [1.807, 2.05) is 17.0 Å². The first kappa shape index (κ1) is 25.5. The summed E-state index contributed by atoms with van der Waals surface area (Å²) in [7, 11) is 0. The lowest BCUT2D eigenvalue weighted by Gasteiger charge is -2.46. The van der Waals surface area contributed by atoms with Crippen LogP contribution in [0, 0.1) is 11.8 Å². The number of furan rings is 1. The van der Waals surface area contributed by atoms with E-state index >= 15 is 0 Å². The minimum Gasteiger partial charge on any atom is -0.467 e. The van der Waals surface area contributed by atoms with Crippen LogP contribution in [0.25, 0.3) is 0 Å². The first-order valence-electron chi connectivity index (χ1n) is 13.8. The van der Waals surface area contributed by atoms with Gasteiger partial charge in [0.25, 0.3) is 0 Å².